The number of nitrogens with zero attached hydrogens (tertiary/aromatic N) is 1. The molecule has 0 spiro atoms. The van der Waals surface area contributed by atoms with Crippen molar-refractivity contribution in [3.63, 3.8) is 0 Å². The largest absolute Gasteiger partial charge is 0.478 e. The minimum absolute atomic E-state index is 0.126. The molecule has 0 unspecified atom stereocenters. The zero-order valence-electron chi connectivity index (χ0n) is 10.5. The fraction of sp³-hybridized carbons (Fsp3) is 0.417. The van der Waals surface area contributed by atoms with Gasteiger partial charge in [0.1, 0.15) is 4.90 Å². The van der Waals surface area contributed by atoms with Crippen LogP contribution in [0.3, 0.4) is 0 Å². The van der Waals surface area contributed by atoms with Gasteiger partial charge in [0.2, 0.25) is 10.0 Å². The molecule has 0 aliphatic carbocycles. The van der Waals surface area contributed by atoms with Gasteiger partial charge in [-0.05, 0) is 25.0 Å². The van der Waals surface area contributed by atoms with Gasteiger partial charge in [-0.3, -0.25) is 0 Å². The topological polar surface area (TPSA) is 74.7 Å². The van der Waals surface area contributed by atoms with Crippen LogP contribution in [0.1, 0.15) is 29.6 Å². The number of hydrogen-bond acceptors (Lipinski definition) is 3. The molecule has 0 saturated carbocycles. The van der Waals surface area contributed by atoms with Gasteiger partial charge in [-0.1, -0.05) is 18.0 Å². The number of hydrogen-bond donors (Lipinski definition) is 1. The Morgan fingerprint density at radius 2 is 1.85 bits per heavy atom. The molecule has 1 aromatic rings. The molecule has 5 nitrogen and oxygen atoms in total. The lowest BCUT2D eigenvalue weighted by atomic mass is 10.2. The van der Waals surface area contributed by atoms with E-state index in [4.69, 9.17) is 16.7 Å². The molecular weight excluding hydrogens is 309 g/mol. The molecular formula is C12H13ClFNO4S. The normalized spacial score (nSPS) is 17.1. The van der Waals surface area contributed by atoms with Crippen LogP contribution in [-0.2, 0) is 10.0 Å². The summed E-state index contributed by atoms with van der Waals surface area (Å²) in [6.45, 7) is 0.605. The summed E-state index contributed by atoms with van der Waals surface area (Å²) in [5.41, 5.74) is -0.743. The maximum atomic E-state index is 14.1. The minimum Gasteiger partial charge on any atom is -0.478 e. The standard InChI is InChI=1S/C12H13ClFNO4S/c13-8-6-9(12(16)17)11(14)10(7-8)20(18,19)15-4-2-1-3-5-15/h6-7H,1-5H2,(H,16,17). The van der Waals surface area contributed by atoms with Gasteiger partial charge in [-0.25, -0.2) is 17.6 Å². The highest BCUT2D eigenvalue weighted by molar-refractivity contribution is 7.89. The number of carboxylic acid groups (broad SMARTS) is 1. The van der Waals surface area contributed by atoms with Gasteiger partial charge >= 0.3 is 5.97 Å². The van der Waals surface area contributed by atoms with E-state index in [0.29, 0.717) is 25.9 Å². The van der Waals surface area contributed by atoms with Crippen molar-refractivity contribution in [1.29, 1.82) is 0 Å². The summed E-state index contributed by atoms with van der Waals surface area (Å²) >= 11 is 5.70. The predicted octanol–water partition coefficient (Wildman–Crippen LogP) is 2.35. The first-order chi connectivity index (χ1) is 9.34. The van der Waals surface area contributed by atoms with Crippen LogP contribution in [0.5, 0.6) is 0 Å². The second kappa shape index (κ2) is 5.67. The van der Waals surface area contributed by atoms with Crippen molar-refractivity contribution in [3.05, 3.63) is 28.5 Å². The quantitative estimate of drug-likeness (QED) is 0.927. The van der Waals surface area contributed by atoms with E-state index >= 15 is 0 Å². The number of carboxylic acids is 1. The third-order valence-corrected chi connectivity index (χ3v) is 5.28. The van der Waals surface area contributed by atoms with E-state index in [1.807, 2.05) is 0 Å². The third-order valence-electron chi connectivity index (χ3n) is 3.17. The highest BCUT2D eigenvalue weighted by atomic mass is 35.5. The number of carbonyl (C=O) groups is 1. The molecule has 0 amide bonds. The fourth-order valence-electron chi connectivity index (χ4n) is 2.15. The first kappa shape index (κ1) is 15.2. The van der Waals surface area contributed by atoms with Crippen LogP contribution in [0, 0.1) is 5.82 Å². The summed E-state index contributed by atoms with van der Waals surface area (Å²) in [5.74, 6) is -2.83. The molecule has 1 heterocycles. The predicted molar refractivity (Wildman–Crippen MR) is 71.0 cm³/mol. The van der Waals surface area contributed by atoms with Crippen molar-refractivity contribution >= 4 is 27.6 Å². The lowest BCUT2D eigenvalue weighted by Crippen LogP contribution is -2.36. The first-order valence-electron chi connectivity index (χ1n) is 6.06. The van der Waals surface area contributed by atoms with Crippen LogP contribution < -0.4 is 0 Å². The van der Waals surface area contributed by atoms with Gasteiger partial charge in [-0.2, -0.15) is 4.31 Å². The van der Waals surface area contributed by atoms with Crippen molar-refractivity contribution in [1.82, 2.24) is 4.31 Å². The Labute approximate surface area is 121 Å². The van der Waals surface area contributed by atoms with Gasteiger partial charge in [-0.15, -0.1) is 0 Å². The molecule has 1 N–H and O–H groups in total. The van der Waals surface area contributed by atoms with Crippen LogP contribution in [0.2, 0.25) is 5.02 Å². The molecule has 0 bridgehead atoms. The molecule has 0 atom stereocenters. The SMILES string of the molecule is O=C(O)c1cc(Cl)cc(S(=O)(=O)N2CCCCC2)c1F. The molecule has 8 heteroatoms. The molecule has 1 fully saturated rings. The number of sulfonamides is 1. The van der Waals surface area contributed by atoms with Gasteiger partial charge in [0.15, 0.2) is 5.82 Å². The molecule has 2 rings (SSSR count). The maximum absolute atomic E-state index is 14.1. The summed E-state index contributed by atoms with van der Waals surface area (Å²) in [6, 6.07) is 1.85. The zero-order chi connectivity index (χ0) is 14.9. The summed E-state index contributed by atoms with van der Waals surface area (Å²) in [7, 11) is -4.06. The van der Waals surface area contributed by atoms with Gasteiger partial charge in [0.25, 0.3) is 0 Å². The van der Waals surface area contributed by atoms with Crippen molar-refractivity contribution in [3.8, 4) is 0 Å². The first-order valence-corrected chi connectivity index (χ1v) is 7.88. The van der Waals surface area contributed by atoms with Gasteiger partial charge in [0.05, 0.1) is 5.56 Å². The Morgan fingerprint density at radius 3 is 2.40 bits per heavy atom. The van der Waals surface area contributed by atoms with Gasteiger partial charge < -0.3 is 5.11 Å². The van der Waals surface area contributed by atoms with Crippen molar-refractivity contribution in [2.24, 2.45) is 0 Å². The Morgan fingerprint density at radius 1 is 1.25 bits per heavy atom. The van der Waals surface area contributed by atoms with Crippen molar-refractivity contribution in [2.75, 3.05) is 13.1 Å². The van der Waals surface area contributed by atoms with Crippen LogP contribution in [0.4, 0.5) is 4.39 Å². The number of halogens is 2. The van der Waals surface area contributed by atoms with E-state index in [9.17, 15) is 17.6 Å². The lowest BCUT2D eigenvalue weighted by molar-refractivity contribution is 0.0691. The number of rotatable bonds is 3. The number of piperidine rings is 1. The number of benzene rings is 1. The Balaban J connectivity index is 2.53. The average molecular weight is 322 g/mol. The van der Waals surface area contributed by atoms with E-state index in [0.717, 1.165) is 22.9 Å². The van der Waals surface area contributed by atoms with Crippen LogP contribution >= 0.6 is 11.6 Å². The van der Waals surface area contributed by atoms with Crippen LogP contribution in [-0.4, -0.2) is 36.9 Å². The highest BCUT2D eigenvalue weighted by Gasteiger charge is 2.31. The second-order valence-corrected chi connectivity index (χ2v) is 6.88. The van der Waals surface area contributed by atoms with E-state index in [1.165, 1.54) is 0 Å². The summed E-state index contributed by atoms with van der Waals surface area (Å²) < 4.78 is 40.0. The molecule has 110 valence electrons. The Hall–Kier alpha value is -1.18. The molecule has 1 aliphatic heterocycles. The Kier molecular flexibility index (Phi) is 4.31. The second-order valence-electron chi connectivity index (χ2n) is 4.54. The van der Waals surface area contributed by atoms with Crippen molar-refractivity contribution < 1.29 is 22.7 Å². The van der Waals surface area contributed by atoms with E-state index in [1.54, 1.807) is 0 Å². The van der Waals surface area contributed by atoms with E-state index < -0.39 is 32.3 Å². The third kappa shape index (κ3) is 2.79. The van der Waals surface area contributed by atoms with Gasteiger partial charge in [0, 0.05) is 18.1 Å². The molecule has 20 heavy (non-hydrogen) atoms. The summed E-state index contributed by atoms with van der Waals surface area (Å²) in [4.78, 5) is 10.2. The lowest BCUT2D eigenvalue weighted by Gasteiger charge is -2.26. The minimum atomic E-state index is -4.06. The number of aromatic carboxylic acids is 1. The molecule has 0 aromatic heterocycles. The van der Waals surface area contributed by atoms with Crippen LogP contribution in [0.15, 0.2) is 17.0 Å². The molecule has 1 aliphatic rings. The monoisotopic (exact) mass is 321 g/mol. The summed E-state index contributed by atoms with van der Waals surface area (Å²) in [6.07, 6.45) is 2.32. The highest BCUT2D eigenvalue weighted by Crippen LogP contribution is 2.28. The molecule has 0 radical (unpaired) electrons. The molecule has 1 saturated heterocycles. The fourth-order valence-corrected chi connectivity index (χ4v) is 4.06. The average Bonchev–Trinajstić information content (AvgIpc) is 2.41. The van der Waals surface area contributed by atoms with E-state index in [2.05, 4.69) is 0 Å². The molecule has 1 aromatic carbocycles. The summed E-state index contributed by atoms with van der Waals surface area (Å²) in [5, 5.41) is 8.76. The smallest absolute Gasteiger partial charge is 0.338 e. The van der Waals surface area contributed by atoms with Crippen LogP contribution in [0.25, 0.3) is 0 Å². The van der Waals surface area contributed by atoms with E-state index in [-0.39, 0.29) is 5.02 Å². The van der Waals surface area contributed by atoms with Crippen molar-refractivity contribution in [2.45, 2.75) is 24.2 Å². The maximum Gasteiger partial charge on any atom is 0.338 e. The Bertz CT molecular complexity index is 641. The zero-order valence-corrected chi connectivity index (χ0v) is 12.0.